The number of rotatable bonds is 3. The van der Waals surface area contributed by atoms with Crippen molar-refractivity contribution in [3.05, 3.63) is 29.0 Å². The molecule has 2 amide bonds. The molecule has 1 aromatic carbocycles. The lowest BCUT2D eigenvalue weighted by Crippen LogP contribution is -2.43. The van der Waals surface area contributed by atoms with E-state index in [-0.39, 0.29) is 11.1 Å². The van der Waals surface area contributed by atoms with Gasteiger partial charge in [0.2, 0.25) is 0 Å². The molecule has 1 aromatic rings. The first-order chi connectivity index (χ1) is 12.1. The number of piperidine rings is 1. The first-order valence-corrected chi connectivity index (χ1v) is 9.73. The number of amides is 2. The van der Waals surface area contributed by atoms with Crippen LogP contribution in [-0.4, -0.2) is 48.6 Å². The summed E-state index contributed by atoms with van der Waals surface area (Å²) >= 11 is 5.67. The third-order valence-electron chi connectivity index (χ3n) is 5.29. The van der Waals surface area contributed by atoms with E-state index in [4.69, 9.17) is 11.6 Å². The molecule has 2 aliphatic rings. The number of nitrogens with zero attached hydrogens (tertiary/aromatic N) is 2. The van der Waals surface area contributed by atoms with Crippen LogP contribution in [0.25, 0.3) is 0 Å². The van der Waals surface area contributed by atoms with Crippen molar-refractivity contribution < 1.29 is 9.18 Å². The summed E-state index contributed by atoms with van der Waals surface area (Å²) in [5.41, 5.74) is 0.443. The van der Waals surface area contributed by atoms with E-state index in [0.29, 0.717) is 11.6 Å². The van der Waals surface area contributed by atoms with Crippen LogP contribution in [0.5, 0.6) is 0 Å². The Kier molecular flexibility index (Phi) is 6.54. The van der Waals surface area contributed by atoms with Crippen molar-refractivity contribution >= 4 is 23.3 Å². The van der Waals surface area contributed by atoms with Crippen LogP contribution in [0, 0.1) is 11.7 Å². The van der Waals surface area contributed by atoms with Crippen LogP contribution < -0.4 is 5.32 Å². The fourth-order valence-electron chi connectivity index (χ4n) is 3.78. The molecule has 0 aromatic heterocycles. The first-order valence-electron chi connectivity index (χ1n) is 9.35. The van der Waals surface area contributed by atoms with Crippen molar-refractivity contribution in [2.24, 2.45) is 5.92 Å². The second kappa shape index (κ2) is 8.86. The van der Waals surface area contributed by atoms with Gasteiger partial charge >= 0.3 is 6.03 Å². The fourth-order valence-corrected chi connectivity index (χ4v) is 3.90. The van der Waals surface area contributed by atoms with Crippen LogP contribution in [0.1, 0.15) is 38.5 Å². The van der Waals surface area contributed by atoms with Crippen LogP contribution in [0.4, 0.5) is 14.9 Å². The van der Waals surface area contributed by atoms with Gasteiger partial charge in [0.25, 0.3) is 0 Å². The quantitative estimate of drug-likeness (QED) is 0.847. The lowest BCUT2D eigenvalue weighted by molar-refractivity contribution is 0.155. The van der Waals surface area contributed by atoms with Gasteiger partial charge in [-0.3, -0.25) is 0 Å². The summed E-state index contributed by atoms with van der Waals surface area (Å²) in [6.45, 7) is 5.14. The average Bonchev–Trinajstić information content (AvgIpc) is 2.87. The number of carbonyl (C=O) groups excluding carboxylic acids is 1. The van der Waals surface area contributed by atoms with Gasteiger partial charge < -0.3 is 15.1 Å². The Morgan fingerprint density at radius 1 is 1.12 bits per heavy atom. The SMILES string of the molecule is O=C(Nc1ccc(Cl)c(F)c1)N1CCC(CN2CCCCCC2)CC1. The summed E-state index contributed by atoms with van der Waals surface area (Å²) in [6.07, 6.45) is 7.44. The Morgan fingerprint density at radius 2 is 1.80 bits per heavy atom. The van der Waals surface area contributed by atoms with Gasteiger partial charge in [-0.1, -0.05) is 24.4 Å². The maximum atomic E-state index is 13.5. The smallest absolute Gasteiger partial charge is 0.321 e. The van der Waals surface area contributed by atoms with Gasteiger partial charge in [-0.05, 0) is 62.9 Å². The normalized spacial score (nSPS) is 20.3. The number of halogens is 2. The third-order valence-corrected chi connectivity index (χ3v) is 5.59. The van der Waals surface area contributed by atoms with Crippen LogP contribution in [0.15, 0.2) is 18.2 Å². The van der Waals surface area contributed by atoms with Crippen molar-refractivity contribution in [2.75, 3.05) is 38.0 Å². The van der Waals surface area contributed by atoms with Gasteiger partial charge in [-0.25, -0.2) is 9.18 Å². The molecule has 2 fully saturated rings. The summed E-state index contributed by atoms with van der Waals surface area (Å²) in [6, 6.07) is 4.18. The lowest BCUT2D eigenvalue weighted by atomic mass is 9.96. The van der Waals surface area contributed by atoms with Gasteiger partial charge in [-0.2, -0.15) is 0 Å². The molecule has 0 saturated carbocycles. The average molecular weight is 368 g/mol. The highest BCUT2D eigenvalue weighted by Gasteiger charge is 2.24. The van der Waals surface area contributed by atoms with Crippen LogP contribution in [0.2, 0.25) is 5.02 Å². The molecule has 0 atom stereocenters. The van der Waals surface area contributed by atoms with Crippen LogP contribution >= 0.6 is 11.6 Å². The second-order valence-electron chi connectivity index (χ2n) is 7.20. The number of hydrogen-bond acceptors (Lipinski definition) is 2. The molecule has 2 saturated heterocycles. The number of nitrogens with one attached hydrogen (secondary N) is 1. The molecule has 0 radical (unpaired) electrons. The van der Waals surface area contributed by atoms with Crippen LogP contribution in [-0.2, 0) is 0 Å². The number of urea groups is 1. The molecule has 138 valence electrons. The molecule has 0 unspecified atom stereocenters. The standard InChI is InChI=1S/C19H27ClFN3O/c20-17-6-5-16(13-18(17)21)22-19(25)24-11-7-15(8-12-24)14-23-9-3-1-2-4-10-23/h5-6,13,15H,1-4,7-12,14H2,(H,22,25). The molecule has 2 heterocycles. The van der Waals surface area contributed by atoms with Gasteiger partial charge in [0.05, 0.1) is 5.02 Å². The molecular weight excluding hydrogens is 341 g/mol. The maximum Gasteiger partial charge on any atom is 0.321 e. The van der Waals surface area contributed by atoms with E-state index < -0.39 is 5.82 Å². The summed E-state index contributed by atoms with van der Waals surface area (Å²) < 4.78 is 13.5. The Hall–Kier alpha value is -1.33. The number of benzene rings is 1. The monoisotopic (exact) mass is 367 g/mol. The molecule has 0 aliphatic carbocycles. The molecular formula is C19H27ClFN3O. The zero-order chi connectivity index (χ0) is 17.6. The van der Waals surface area contributed by atoms with Crippen LogP contribution in [0.3, 0.4) is 0 Å². The van der Waals surface area contributed by atoms with Gasteiger partial charge in [0.1, 0.15) is 5.82 Å². The summed E-state index contributed by atoms with van der Waals surface area (Å²) in [5.74, 6) is 0.158. The zero-order valence-corrected chi connectivity index (χ0v) is 15.4. The number of carbonyl (C=O) groups is 1. The molecule has 2 aliphatic heterocycles. The third kappa shape index (κ3) is 5.32. The van der Waals surface area contributed by atoms with Crippen molar-refractivity contribution in [1.82, 2.24) is 9.80 Å². The first kappa shape index (κ1) is 18.5. The Balaban J connectivity index is 1.44. The fraction of sp³-hybridized carbons (Fsp3) is 0.632. The van der Waals surface area contributed by atoms with E-state index in [2.05, 4.69) is 10.2 Å². The summed E-state index contributed by atoms with van der Waals surface area (Å²) in [7, 11) is 0. The van der Waals surface area contributed by atoms with Crippen molar-refractivity contribution in [1.29, 1.82) is 0 Å². The van der Waals surface area contributed by atoms with E-state index in [0.717, 1.165) is 32.5 Å². The molecule has 3 rings (SSSR count). The Bertz CT molecular complexity index is 582. The summed E-state index contributed by atoms with van der Waals surface area (Å²) in [5, 5.41) is 2.82. The highest BCUT2D eigenvalue weighted by Crippen LogP contribution is 2.22. The lowest BCUT2D eigenvalue weighted by Gasteiger charge is -2.34. The van der Waals surface area contributed by atoms with E-state index in [9.17, 15) is 9.18 Å². The van der Waals surface area contributed by atoms with Gasteiger partial charge in [0, 0.05) is 25.3 Å². The van der Waals surface area contributed by atoms with E-state index in [1.807, 2.05) is 4.90 Å². The minimum absolute atomic E-state index is 0.0623. The molecule has 0 spiro atoms. The highest BCUT2D eigenvalue weighted by molar-refractivity contribution is 6.30. The Morgan fingerprint density at radius 3 is 2.44 bits per heavy atom. The number of likely N-dealkylation sites (tertiary alicyclic amines) is 2. The van der Waals surface area contributed by atoms with E-state index in [1.54, 1.807) is 6.07 Å². The molecule has 0 bridgehead atoms. The topological polar surface area (TPSA) is 35.6 Å². The number of anilines is 1. The van der Waals surface area contributed by atoms with Crippen molar-refractivity contribution in [2.45, 2.75) is 38.5 Å². The minimum atomic E-state index is -0.518. The predicted molar refractivity (Wildman–Crippen MR) is 99.6 cm³/mol. The molecule has 1 N–H and O–H groups in total. The maximum absolute atomic E-state index is 13.5. The largest absolute Gasteiger partial charge is 0.325 e. The van der Waals surface area contributed by atoms with Crippen molar-refractivity contribution in [3.8, 4) is 0 Å². The van der Waals surface area contributed by atoms with Gasteiger partial charge in [0.15, 0.2) is 0 Å². The summed E-state index contributed by atoms with van der Waals surface area (Å²) in [4.78, 5) is 16.8. The predicted octanol–water partition coefficient (Wildman–Crippen LogP) is 4.60. The highest BCUT2D eigenvalue weighted by atomic mass is 35.5. The number of hydrogen-bond donors (Lipinski definition) is 1. The van der Waals surface area contributed by atoms with Crippen molar-refractivity contribution in [3.63, 3.8) is 0 Å². The zero-order valence-electron chi connectivity index (χ0n) is 14.6. The molecule has 6 heteroatoms. The Labute approximate surface area is 154 Å². The molecule has 4 nitrogen and oxygen atoms in total. The van der Waals surface area contributed by atoms with Gasteiger partial charge in [-0.15, -0.1) is 0 Å². The second-order valence-corrected chi connectivity index (χ2v) is 7.61. The van der Waals surface area contributed by atoms with E-state index in [1.165, 1.54) is 50.9 Å². The molecule has 25 heavy (non-hydrogen) atoms. The minimum Gasteiger partial charge on any atom is -0.325 e. The van der Waals surface area contributed by atoms with E-state index >= 15 is 0 Å².